The van der Waals surface area contributed by atoms with Crippen molar-refractivity contribution in [1.29, 1.82) is 0 Å². The molecule has 1 amide bonds. The predicted molar refractivity (Wildman–Crippen MR) is 87.8 cm³/mol. The number of hydrogen-bond donors (Lipinski definition) is 2. The smallest absolute Gasteiger partial charge is 0.335 e. The van der Waals surface area contributed by atoms with Gasteiger partial charge in [0.05, 0.1) is 10.0 Å². The summed E-state index contributed by atoms with van der Waals surface area (Å²) in [7, 11) is 0. The summed E-state index contributed by atoms with van der Waals surface area (Å²) in [6, 6.07) is 5.41. The molecular formula is C16H19Cl2NO4. The second kappa shape index (κ2) is 7.51. The Bertz CT molecular complexity index is 598. The molecule has 2 rings (SSSR count). The number of carbonyl (C=O) groups excluding carboxylic acids is 1. The fraction of sp³-hybridized carbons (Fsp3) is 0.500. The van der Waals surface area contributed by atoms with Crippen LogP contribution in [0.2, 0.25) is 10.0 Å². The molecule has 0 atom stereocenters. The molecule has 2 N–H and O–H groups in total. The van der Waals surface area contributed by atoms with Gasteiger partial charge in [-0.05, 0) is 30.5 Å². The quantitative estimate of drug-likeness (QED) is 0.847. The average molecular weight is 360 g/mol. The molecule has 0 unspecified atom stereocenters. The van der Waals surface area contributed by atoms with Crippen LogP contribution in [0.5, 0.6) is 0 Å². The van der Waals surface area contributed by atoms with E-state index in [4.69, 9.17) is 28.3 Å². The summed E-state index contributed by atoms with van der Waals surface area (Å²) in [5.74, 6) is -1.23. The highest BCUT2D eigenvalue weighted by Gasteiger charge is 2.40. The third-order valence-corrected chi connectivity index (χ3v) is 4.92. The summed E-state index contributed by atoms with van der Waals surface area (Å²) < 4.78 is 0. The van der Waals surface area contributed by atoms with Crippen LogP contribution < -0.4 is 0 Å². The molecule has 0 aliphatic carbocycles. The maximum Gasteiger partial charge on any atom is 0.335 e. The first kappa shape index (κ1) is 18.0. The highest BCUT2D eigenvalue weighted by Crippen LogP contribution is 2.25. The van der Waals surface area contributed by atoms with Crippen LogP contribution in [0.15, 0.2) is 18.2 Å². The zero-order chi connectivity index (χ0) is 17.0. The van der Waals surface area contributed by atoms with E-state index < -0.39 is 11.6 Å². The first-order chi connectivity index (χ1) is 10.8. The van der Waals surface area contributed by atoms with E-state index in [0.29, 0.717) is 22.9 Å². The summed E-state index contributed by atoms with van der Waals surface area (Å²) in [6.45, 7) is 0.544. The lowest BCUT2D eigenvalue weighted by Gasteiger charge is -2.35. The number of carbonyl (C=O) groups is 2. The number of hydrogen-bond acceptors (Lipinski definition) is 3. The number of aliphatic carboxylic acids is 1. The second-order valence-corrected chi connectivity index (χ2v) is 6.63. The molecule has 1 aromatic rings. The largest absolute Gasteiger partial charge is 0.479 e. The number of aryl methyl sites for hydroxylation is 1. The number of carboxylic acids is 1. The normalized spacial score (nSPS) is 17.1. The summed E-state index contributed by atoms with van der Waals surface area (Å²) in [5, 5.41) is 19.8. The first-order valence-electron chi connectivity index (χ1n) is 7.49. The molecule has 0 bridgehead atoms. The highest BCUT2D eigenvalue weighted by atomic mass is 35.5. The fourth-order valence-electron chi connectivity index (χ4n) is 2.64. The number of nitrogens with zero attached hydrogens (tertiary/aromatic N) is 1. The van der Waals surface area contributed by atoms with E-state index >= 15 is 0 Å². The van der Waals surface area contributed by atoms with Gasteiger partial charge >= 0.3 is 5.97 Å². The van der Waals surface area contributed by atoms with Gasteiger partial charge in [-0.3, -0.25) is 4.79 Å². The zero-order valence-electron chi connectivity index (χ0n) is 12.6. The number of benzene rings is 1. The Morgan fingerprint density at radius 1 is 1.17 bits per heavy atom. The van der Waals surface area contributed by atoms with Gasteiger partial charge in [0, 0.05) is 32.4 Å². The molecule has 1 heterocycles. The molecule has 1 aromatic carbocycles. The number of aliphatic hydroxyl groups is 1. The molecule has 5 nitrogen and oxygen atoms in total. The van der Waals surface area contributed by atoms with Crippen molar-refractivity contribution in [2.45, 2.75) is 37.7 Å². The molecular weight excluding hydrogens is 341 g/mol. The molecule has 23 heavy (non-hydrogen) atoms. The second-order valence-electron chi connectivity index (χ2n) is 5.82. The van der Waals surface area contributed by atoms with E-state index in [0.717, 1.165) is 12.0 Å². The van der Waals surface area contributed by atoms with Crippen LogP contribution in [-0.2, 0) is 16.0 Å². The van der Waals surface area contributed by atoms with Crippen LogP contribution in [0.25, 0.3) is 0 Å². The van der Waals surface area contributed by atoms with E-state index in [1.165, 1.54) is 0 Å². The van der Waals surface area contributed by atoms with Gasteiger partial charge in [-0.25, -0.2) is 4.79 Å². The van der Waals surface area contributed by atoms with Gasteiger partial charge in [-0.15, -0.1) is 0 Å². The third-order valence-electron chi connectivity index (χ3n) is 4.18. The number of rotatable bonds is 5. The van der Waals surface area contributed by atoms with Crippen molar-refractivity contribution >= 4 is 35.1 Å². The Kier molecular flexibility index (Phi) is 5.89. The van der Waals surface area contributed by atoms with Crippen molar-refractivity contribution in [1.82, 2.24) is 4.90 Å². The highest BCUT2D eigenvalue weighted by molar-refractivity contribution is 6.42. The summed E-state index contributed by atoms with van der Waals surface area (Å²) in [4.78, 5) is 24.7. The predicted octanol–water partition coefficient (Wildman–Crippen LogP) is 2.75. The first-order valence-corrected chi connectivity index (χ1v) is 8.25. The topological polar surface area (TPSA) is 77.8 Å². The summed E-state index contributed by atoms with van der Waals surface area (Å²) in [5.41, 5.74) is -0.678. The maximum atomic E-state index is 12.1. The van der Waals surface area contributed by atoms with Crippen molar-refractivity contribution in [3.8, 4) is 0 Å². The Hall–Kier alpha value is -1.30. The molecule has 126 valence electrons. The lowest BCUT2D eigenvalue weighted by molar-refractivity contribution is -0.165. The number of halogens is 2. The molecule has 0 radical (unpaired) electrons. The van der Waals surface area contributed by atoms with E-state index in [1.807, 2.05) is 6.07 Å². The van der Waals surface area contributed by atoms with Crippen LogP contribution in [0.1, 0.15) is 31.2 Å². The third kappa shape index (κ3) is 4.59. The van der Waals surface area contributed by atoms with E-state index in [1.54, 1.807) is 17.0 Å². The van der Waals surface area contributed by atoms with Gasteiger partial charge < -0.3 is 15.1 Å². The Balaban J connectivity index is 1.77. The maximum absolute atomic E-state index is 12.1. The molecule has 1 aliphatic heterocycles. The van der Waals surface area contributed by atoms with Crippen molar-refractivity contribution in [3.05, 3.63) is 33.8 Å². The molecule has 1 saturated heterocycles. The SMILES string of the molecule is O=C(CCCc1ccc(Cl)c(Cl)c1)N1CCC(O)(C(=O)O)CC1. The van der Waals surface area contributed by atoms with Crippen LogP contribution in [0.3, 0.4) is 0 Å². The fourth-order valence-corrected chi connectivity index (χ4v) is 2.96. The minimum absolute atomic E-state index is 0.0162. The Morgan fingerprint density at radius 3 is 2.39 bits per heavy atom. The summed E-state index contributed by atoms with van der Waals surface area (Å²) >= 11 is 11.8. The van der Waals surface area contributed by atoms with Crippen molar-refractivity contribution in [2.75, 3.05) is 13.1 Å². The zero-order valence-corrected chi connectivity index (χ0v) is 14.1. The van der Waals surface area contributed by atoms with Gasteiger partial charge in [0.25, 0.3) is 0 Å². The lowest BCUT2D eigenvalue weighted by atomic mass is 9.91. The van der Waals surface area contributed by atoms with Crippen LogP contribution in [-0.4, -0.2) is 45.7 Å². The van der Waals surface area contributed by atoms with Gasteiger partial charge in [0.1, 0.15) is 0 Å². The number of carboxylic acid groups (broad SMARTS) is 1. The molecule has 1 fully saturated rings. The van der Waals surface area contributed by atoms with Crippen LogP contribution in [0, 0.1) is 0 Å². The van der Waals surface area contributed by atoms with Crippen molar-refractivity contribution < 1.29 is 19.8 Å². The minimum Gasteiger partial charge on any atom is -0.479 e. The van der Waals surface area contributed by atoms with Gasteiger partial charge in [-0.2, -0.15) is 0 Å². The van der Waals surface area contributed by atoms with Crippen molar-refractivity contribution in [2.24, 2.45) is 0 Å². The standard InChI is InChI=1S/C16H19Cl2NO4/c17-12-5-4-11(10-13(12)18)2-1-3-14(20)19-8-6-16(23,7-9-19)15(21)22/h4-5,10,23H,1-3,6-9H2,(H,21,22). The minimum atomic E-state index is -1.70. The van der Waals surface area contributed by atoms with E-state index in [2.05, 4.69) is 0 Å². The van der Waals surface area contributed by atoms with Crippen molar-refractivity contribution in [3.63, 3.8) is 0 Å². The summed E-state index contributed by atoms with van der Waals surface area (Å²) in [6.07, 6.45) is 1.92. The van der Waals surface area contributed by atoms with E-state index in [-0.39, 0.29) is 31.8 Å². The van der Waals surface area contributed by atoms with Crippen LogP contribution >= 0.6 is 23.2 Å². The van der Waals surface area contributed by atoms with Crippen LogP contribution in [0.4, 0.5) is 0 Å². The van der Waals surface area contributed by atoms with Gasteiger partial charge in [0.2, 0.25) is 5.91 Å². The molecule has 7 heteroatoms. The number of amides is 1. The number of likely N-dealkylation sites (tertiary alicyclic amines) is 1. The lowest BCUT2D eigenvalue weighted by Crippen LogP contribution is -2.50. The monoisotopic (exact) mass is 359 g/mol. The van der Waals surface area contributed by atoms with E-state index in [9.17, 15) is 14.7 Å². The molecule has 0 saturated carbocycles. The van der Waals surface area contributed by atoms with Gasteiger partial charge in [0.15, 0.2) is 5.60 Å². The molecule has 0 aromatic heterocycles. The number of piperidine rings is 1. The Labute approximate surface area is 144 Å². The van der Waals surface area contributed by atoms with Gasteiger partial charge in [-0.1, -0.05) is 29.3 Å². The molecule has 0 spiro atoms. The Morgan fingerprint density at radius 2 is 1.83 bits per heavy atom. The average Bonchev–Trinajstić information content (AvgIpc) is 2.51. The molecule has 1 aliphatic rings.